The summed E-state index contributed by atoms with van der Waals surface area (Å²) in [6.45, 7) is 8.69. The molecule has 0 rings (SSSR count). The Morgan fingerprint density at radius 2 is 1.37 bits per heavy atom. The maximum absolute atomic E-state index is 8.86. The lowest BCUT2D eigenvalue weighted by Gasteiger charge is -2.16. The van der Waals surface area contributed by atoms with E-state index in [4.69, 9.17) is 19.3 Å². The van der Waals surface area contributed by atoms with E-state index in [1.54, 1.807) is 11.1 Å². The highest BCUT2D eigenvalue weighted by Gasteiger charge is 1.96. The Kier molecular flexibility index (Phi) is 13.3. The number of aliphatic hydroxyl groups is 1. The molecular weight excluding hydrogens is 248 g/mol. The fraction of sp³-hybridized carbons (Fsp3) is 0.846. The molecule has 0 radical (unpaired) electrons. The van der Waals surface area contributed by atoms with Gasteiger partial charge in [0.25, 0.3) is 0 Å². The standard InChI is InChI=1S/C13H28N2O4/c1-4-15(13-16)6-8-18-10-12-19-11-9-17-7-5-14(2)3/h4,16H,1,5-13H2,2-3H3. The van der Waals surface area contributed by atoms with E-state index in [9.17, 15) is 0 Å². The second-order valence-corrected chi connectivity index (χ2v) is 4.28. The molecule has 0 aromatic carbocycles. The van der Waals surface area contributed by atoms with Crippen molar-refractivity contribution in [1.82, 2.24) is 9.80 Å². The van der Waals surface area contributed by atoms with Crippen LogP contribution in [0.15, 0.2) is 12.8 Å². The molecule has 0 spiro atoms. The van der Waals surface area contributed by atoms with Gasteiger partial charge in [-0.15, -0.1) is 0 Å². The summed E-state index contributed by atoms with van der Waals surface area (Å²) in [5.74, 6) is 0. The monoisotopic (exact) mass is 276 g/mol. The van der Waals surface area contributed by atoms with Crippen molar-refractivity contribution in [3.05, 3.63) is 12.8 Å². The summed E-state index contributed by atoms with van der Waals surface area (Å²) in [6, 6.07) is 0. The molecule has 0 unspecified atom stereocenters. The first-order chi connectivity index (χ1) is 9.20. The fourth-order valence-electron chi connectivity index (χ4n) is 1.19. The largest absolute Gasteiger partial charge is 0.378 e. The molecule has 0 aliphatic heterocycles. The SMILES string of the molecule is C=CN(CO)CCOCCOCCOCCN(C)C. The summed E-state index contributed by atoms with van der Waals surface area (Å²) >= 11 is 0. The summed E-state index contributed by atoms with van der Waals surface area (Å²) in [5, 5.41) is 8.86. The number of rotatable bonds is 14. The first kappa shape index (κ1) is 18.3. The summed E-state index contributed by atoms with van der Waals surface area (Å²) in [6.07, 6.45) is 1.59. The first-order valence-electron chi connectivity index (χ1n) is 6.56. The Bertz CT molecular complexity index is 203. The van der Waals surface area contributed by atoms with Crippen LogP contribution in [-0.2, 0) is 14.2 Å². The zero-order valence-electron chi connectivity index (χ0n) is 12.2. The predicted molar refractivity (Wildman–Crippen MR) is 75.0 cm³/mol. The summed E-state index contributed by atoms with van der Waals surface area (Å²) in [4.78, 5) is 3.74. The molecule has 1 N–H and O–H groups in total. The molecule has 0 aromatic heterocycles. The second kappa shape index (κ2) is 13.8. The van der Waals surface area contributed by atoms with E-state index in [1.807, 2.05) is 14.1 Å². The van der Waals surface area contributed by atoms with E-state index >= 15 is 0 Å². The van der Waals surface area contributed by atoms with E-state index in [0.717, 1.165) is 13.2 Å². The van der Waals surface area contributed by atoms with Gasteiger partial charge in [0.2, 0.25) is 0 Å². The van der Waals surface area contributed by atoms with Crippen LogP contribution < -0.4 is 0 Å². The average molecular weight is 276 g/mol. The summed E-state index contributed by atoms with van der Waals surface area (Å²) < 4.78 is 16.1. The van der Waals surface area contributed by atoms with Crippen molar-refractivity contribution >= 4 is 0 Å². The average Bonchev–Trinajstić information content (AvgIpc) is 2.40. The van der Waals surface area contributed by atoms with Gasteiger partial charge in [-0.1, -0.05) is 6.58 Å². The van der Waals surface area contributed by atoms with Crippen molar-refractivity contribution in [2.45, 2.75) is 0 Å². The number of nitrogens with zero attached hydrogens (tertiary/aromatic N) is 2. The minimum absolute atomic E-state index is 0.0341. The quantitative estimate of drug-likeness (QED) is 0.356. The van der Waals surface area contributed by atoms with Gasteiger partial charge in [-0.3, -0.25) is 0 Å². The van der Waals surface area contributed by atoms with Gasteiger partial charge in [-0.2, -0.15) is 0 Å². The van der Waals surface area contributed by atoms with Crippen LogP contribution in [0.25, 0.3) is 0 Å². The molecule has 0 bridgehead atoms. The van der Waals surface area contributed by atoms with Crippen molar-refractivity contribution in [3.63, 3.8) is 0 Å². The molecular formula is C13H28N2O4. The molecule has 0 aromatic rings. The smallest absolute Gasteiger partial charge is 0.115 e. The Labute approximate surface area is 116 Å². The molecule has 0 heterocycles. The Morgan fingerprint density at radius 1 is 0.895 bits per heavy atom. The minimum Gasteiger partial charge on any atom is -0.378 e. The van der Waals surface area contributed by atoms with E-state index in [2.05, 4.69) is 11.5 Å². The Morgan fingerprint density at radius 3 is 1.79 bits per heavy atom. The predicted octanol–water partition coefficient (Wildman–Crippen LogP) is -0.00690. The molecule has 0 fully saturated rings. The van der Waals surface area contributed by atoms with E-state index in [-0.39, 0.29) is 6.73 Å². The lowest BCUT2D eigenvalue weighted by atomic mass is 10.6. The lowest BCUT2D eigenvalue weighted by molar-refractivity contribution is 0.00745. The summed E-state index contributed by atoms with van der Waals surface area (Å²) in [7, 11) is 4.03. The van der Waals surface area contributed by atoms with Crippen LogP contribution in [0.1, 0.15) is 0 Å². The van der Waals surface area contributed by atoms with Crippen LogP contribution >= 0.6 is 0 Å². The molecule has 6 heteroatoms. The normalized spacial score (nSPS) is 10.9. The van der Waals surface area contributed by atoms with Gasteiger partial charge in [0, 0.05) is 13.1 Å². The maximum Gasteiger partial charge on any atom is 0.115 e. The topological polar surface area (TPSA) is 54.4 Å². The minimum atomic E-state index is -0.0341. The Hall–Kier alpha value is -0.660. The van der Waals surface area contributed by atoms with Crippen LogP contribution in [0.2, 0.25) is 0 Å². The van der Waals surface area contributed by atoms with E-state index in [1.165, 1.54) is 0 Å². The molecule has 0 amide bonds. The van der Waals surface area contributed by atoms with Gasteiger partial charge in [0.1, 0.15) is 6.73 Å². The first-order valence-corrected chi connectivity index (χ1v) is 6.56. The molecule has 114 valence electrons. The van der Waals surface area contributed by atoms with Gasteiger partial charge >= 0.3 is 0 Å². The van der Waals surface area contributed by atoms with Gasteiger partial charge in [0.05, 0.1) is 39.6 Å². The summed E-state index contributed by atoms with van der Waals surface area (Å²) in [5.41, 5.74) is 0. The Balaban J connectivity index is 3.08. The van der Waals surface area contributed by atoms with Crippen LogP contribution in [0.4, 0.5) is 0 Å². The molecule has 0 saturated carbocycles. The van der Waals surface area contributed by atoms with Gasteiger partial charge in [-0.05, 0) is 20.3 Å². The van der Waals surface area contributed by atoms with Gasteiger partial charge in [-0.25, -0.2) is 0 Å². The van der Waals surface area contributed by atoms with Crippen molar-refractivity contribution in [2.24, 2.45) is 0 Å². The van der Waals surface area contributed by atoms with Crippen molar-refractivity contribution < 1.29 is 19.3 Å². The fourth-order valence-corrected chi connectivity index (χ4v) is 1.19. The van der Waals surface area contributed by atoms with Crippen molar-refractivity contribution in [2.75, 3.05) is 73.6 Å². The van der Waals surface area contributed by atoms with Crippen LogP contribution in [0.3, 0.4) is 0 Å². The molecule has 19 heavy (non-hydrogen) atoms. The second-order valence-electron chi connectivity index (χ2n) is 4.28. The van der Waals surface area contributed by atoms with E-state index in [0.29, 0.717) is 39.6 Å². The van der Waals surface area contributed by atoms with Crippen LogP contribution in [0.5, 0.6) is 0 Å². The molecule has 0 saturated heterocycles. The van der Waals surface area contributed by atoms with Crippen LogP contribution in [0, 0.1) is 0 Å². The number of hydrogen-bond donors (Lipinski definition) is 1. The van der Waals surface area contributed by atoms with Crippen molar-refractivity contribution in [3.8, 4) is 0 Å². The highest BCUT2D eigenvalue weighted by atomic mass is 16.5. The van der Waals surface area contributed by atoms with Gasteiger partial charge < -0.3 is 29.1 Å². The number of aliphatic hydroxyl groups excluding tert-OH is 1. The third-order valence-electron chi connectivity index (χ3n) is 2.39. The number of likely N-dealkylation sites (N-methyl/N-ethyl adjacent to an activating group) is 1. The third-order valence-corrected chi connectivity index (χ3v) is 2.39. The lowest BCUT2D eigenvalue weighted by Crippen LogP contribution is -2.23. The third kappa shape index (κ3) is 13.6. The number of ether oxygens (including phenoxy) is 3. The highest BCUT2D eigenvalue weighted by Crippen LogP contribution is 1.87. The number of hydrogen-bond acceptors (Lipinski definition) is 6. The molecule has 0 atom stereocenters. The highest BCUT2D eigenvalue weighted by molar-refractivity contribution is 4.66. The van der Waals surface area contributed by atoms with E-state index < -0.39 is 0 Å². The molecule has 6 nitrogen and oxygen atoms in total. The van der Waals surface area contributed by atoms with Crippen molar-refractivity contribution in [1.29, 1.82) is 0 Å². The van der Waals surface area contributed by atoms with Gasteiger partial charge in [0.15, 0.2) is 0 Å². The zero-order chi connectivity index (χ0) is 14.3. The zero-order valence-corrected chi connectivity index (χ0v) is 12.2. The molecule has 0 aliphatic carbocycles. The molecule has 0 aliphatic rings. The van der Waals surface area contributed by atoms with Crippen LogP contribution in [-0.4, -0.2) is 88.5 Å². The maximum atomic E-state index is 8.86.